The number of carbonyl (C=O) groups excluding carboxylic acids is 1. The fourth-order valence-corrected chi connectivity index (χ4v) is 7.25. The van der Waals surface area contributed by atoms with Crippen molar-refractivity contribution in [3.8, 4) is 0 Å². The molecule has 48 heavy (non-hydrogen) atoms. The van der Waals surface area contributed by atoms with Crippen LogP contribution in [0.2, 0.25) is 0 Å². The number of ketones is 1. The normalized spacial score (nSPS) is 20.5. The van der Waals surface area contributed by atoms with Crippen LogP contribution in [0.4, 0.5) is 37.7 Å². The van der Waals surface area contributed by atoms with Gasteiger partial charge in [0.1, 0.15) is 6.54 Å². The molecule has 2 aromatic rings. The Morgan fingerprint density at radius 1 is 0.812 bits per heavy atom. The number of benzene rings is 2. The van der Waals surface area contributed by atoms with Crippen molar-refractivity contribution >= 4 is 22.9 Å². The average molecular weight is 673 g/mol. The first kappa shape index (κ1) is 35.5. The number of Topliss-reactive ketones (excluding diaryl/α,β-unsaturated/α-hetero) is 1. The Morgan fingerprint density at radius 2 is 1.38 bits per heavy atom. The molecule has 0 spiro atoms. The number of allylic oxidation sites excluding steroid dienone is 5. The second-order valence-electron chi connectivity index (χ2n) is 14.9. The van der Waals surface area contributed by atoms with E-state index < -0.39 is 45.9 Å². The third-order valence-corrected chi connectivity index (χ3v) is 9.79. The van der Waals surface area contributed by atoms with E-state index in [9.17, 15) is 36.2 Å². The van der Waals surface area contributed by atoms with E-state index in [1.165, 1.54) is 24.3 Å². The first-order valence-corrected chi connectivity index (χ1v) is 16.3. The average Bonchev–Trinajstić information content (AvgIpc) is 3.33. The van der Waals surface area contributed by atoms with Crippen molar-refractivity contribution in [3.63, 3.8) is 0 Å². The summed E-state index contributed by atoms with van der Waals surface area (Å²) in [5, 5.41) is 13.7. The largest absolute Gasteiger partial charge is 0.871 e. The maximum atomic E-state index is 14.2. The maximum absolute atomic E-state index is 14.2. The quantitative estimate of drug-likeness (QED) is 0.160. The van der Waals surface area contributed by atoms with Gasteiger partial charge in [0.25, 0.3) is 0 Å². The van der Waals surface area contributed by atoms with Gasteiger partial charge in [-0.1, -0.05) is 59.4 Å². The lowest BCUT2D eigenvalue weighted by atomic mass is 9.76. The zero-order valence-electron chi connectivity index (χ0n) is 28.6. The van der Waals surface area contributed by atoms with Crippen molar-refractivity contribution in [2.45, 2.75) is 91.4 Å². The SMILES string of the molecule is CC(C)CCN1/C(=C\C2=C([O-])C(=C\C3=[N+](CCC(C)C)c4cccc(C(F)(F)F)c4C3(C)C)/C2=O)C(C)(C)c2c1cccc2C(F)(F)F. The number of carbonyl (C=O) groups is 1. The molecule has 0 N–H and O–H groups in total. The standard InChI is InChI=1S/C38H42F6N2O2/c1-21(2)15-17-45-27-13-9-11-25(37(39,40)41)31(27)35(5,6)29(45)19-23-33(47)24(34(23)48)20-30-36(7,8)32-26(38(42,43)44)12-10-14-28(32)46(30)18-16-22(3)4/h9-14,19-22H,15-18H2,1-8H3. The third-order valence-electron chi connectivity index (χ3n) is 9.79. The summed E-state index contributed by atoms with van der Waals surface area (Å²) in [5.41, 5.74) is -2.42. The highest BCUT2D eigenvalue weighted by atomic mass is 19.4. The van der Waals surface area contributed by atoms with Gasteiger partial charge in [0.15, 0.2) is 11.5 Å². The number of fused-ring (bicyclic) bond motifs is 2. The molecule has 0 saturated heterocycles. The third kappa shape index (κ3) is 5.89. The van der Waals surface area contributed by atoms with E-state index in [1.54, 1.807) is 49.3 Å². The van der Waals surface area contributed by atoms with Gasteiger partial charge in [-0.2, -0.15) is 30.9 Å². The molecule has 10 heteroatoms. The second-order valence-corrected chi connectivity index (χ2v) is 14.9. The van der Waals surface area contributed by atoms with Crippen LogP contribution in [0.3, 0.4) is 0 Å². The van der Waals surface area contributed by atoms with Crippen LogP contribution in [0, 0.1) is 11.8 Å². The Bertz CT molecular complexity index is 1780. The maximum Gasteiger partial charge on any atom is 0.416 e. The summed E-state index contributed by atoms with van der Waals surface area (Å²) in [7, 11) is 0. The van der Waals surface area contributed by atoms with Gasteiger partial charge in [-0.3, -0.25) is 4.79 Å². The smallest absolute Gasteiger partial charge is 0.416 e. The summed E-state index contributed by atoms with van der Waals surface area (Å²) >= 11 is 0. The van der Waals surface area contributed by atoms with Gasteiger partial charge in [-0.25, -0.2) is 0 Å². The predicted octanol–water partition coefficient (Wildman–Crippen LogP) is 9.00. The minimum absolute atomic E-state index is 0.0883. The van der Waals surface area contributed by atoms with Crippen LogP contribution in [0.25, 0.3) is 0 Å². The second kappa shape index (κ2) is 11.9. The number of anilines is 1. The highest BCUT2D eigenvalue weighted by Crippen LogP contribution is 2.53. The van der Waals surface area contributed by atoms with Crippen molar-refractivity contribution in [3.05, 3.63) is 93.4 Å². The molecule has 2 heterocycles. The predicted molar refractivity (Wildman–Crippen MR) is 173 cm³/mol. The Balaban J connectivity index is 1.64. The Morgan fingerprint density at radius 3 is 1.92 bits per heavy atom. The molecule has 2 aliphatic heterocycles. The molecule has 3 aliphatic rings. The zero-order valence-corrected chi connectivity index (χ0v) is 28.6. The molecule has 5 rings (SSSR count). The Hall–Kier alpha value is -3.82. The molecule has 0 radical (unpaired) electrons. The summed E-state index contributed by atoms with van der Waals surface area (Å²) in [6.07, 6.45) is -5.07. The molecule has 0 fully saturated rings. The van der Waals surface area contributed by atoms with Crippen LogP contribution in [-0.2, 0) is 28.0 Å². The van der Waals surface area contributed by atoms with E-state index in [0.717, 1.165) is 12.1 Å². The number of hydrogen-bond donors (Lipinski definition) is 0. The molecule has 0 bridgehead atoms. The number of alkyl halides is 6. The van der Waals surface area contributed by atoms with Gasteiger partial charge in [0.2, 0.25) is 5.69 Å². The molecule has 0 unspecified atom stereocenters. The van der Waals surface area contributed by atoms with Gasteiger partial charge in [-0.05, 0) is 61.9 Å². The molecule has 0 saturated carbocycles. The molecule has 0 aromatic heterocycles. The van der Waals surface area contributed by atoms with E-state index in [0.29, 0.717) is 48.7 Å². The topological polar surface area (TPSA) is 46.4 Å². The number of nitrogens with zero attached hydrogens (tertiary/aromatic N) is 2. The van der Waals surface area contributed by atoms with E-state index in [1.807, 2.05) is 27.7 Å². The van der Waals surface area contributed by atoms with Gasteiger partial charge in [-0.15, -0.1) is 0 Å². The Labute approximate surface area is 278 Å². The van der Waals surface area contributed by atoms with Crippen LogP contribution in [-0.4, -0.2) is 29.2 Å². The molecular weight excluding hydrogens is 630 g/mol. The number of halogens is 6. The molecule has 0 amide bonds. The van der Waals surface area contributed by atoms with E-state index in [2.05, 4.69) is 0 Å². The van der Waals surface area contributed by atoms with Crippen molar-refractivity contribution in [2.75, 3.05) is 18.0 Å². The summed E-state index contributed by atoms with van der Waals surface area (Å²) in [6.45, 7) is 15.4. The van der Waals surface area contributed by atoms with Crippen molar-refractivity contribution in [1.29, 1.82) is 0 Å². The van der Waals surface area contributed by atoms with Gasteiger partial charge < -0.3 is 10.0 Å². The van der Waals surface area contributed by atoms with Crippen molar-refractivity contribution < 1.29 is 40.8 Å². The lowest BCUT2D eigenvalue weighted by Gasteiger charge is -2.33. The summed E-state index contributed by atoms with van der Waals surface area (Å²) < 4.78 is 87.1. The first-order chi connectivity index (χ1) is 22.1. The van der Waals surface area contributed by atoms with Crippen molar-refractivity contribution in [1.82, 2.24) is 0 Å². The van der Waals surface area contributed by atoms with Crippen molar-refractivity contribution in [2.24, 2.45) is 11.8 Å². The van der Waals surface area contributed by atoms with Crippen LogP contribution in [0.5, 0.6) is 0 Å². The van der Waals surface area contributed by atoms with Gasteiger partial charge in [0.05, 0.1) is 22.1 Å². The molecule has 1 aliphatic carbocycles. The van der Waals surface area contributed by atoms with Crippen LogP contribution in [0.15, 0.2) is 71.2 Å². The molecule has 4 nitrogen and oxygen atoms in total. The zero-order chi connectivity index (χ0) is 35.7. The highest BCUT2D eigenvalue weighted by molar-refractivity contribution is 6.24. The van der Waals surface area contributed by atoms with Crippen LogP contribution < -0.4 is 10.0 Å². The Kier molecular flexibility index (Phi) is 8.83. The minimum atomic E-state index is -4.61. The van der Waals surface area contributed by atoms with Gasteiger partial charge in [0, 0.05) is 53.1 Å². The summed E-state index contributed by atoms with van der Waals surface area (Å²) in [4.78, 5) is 15.5. The summed E-state index contributed by atoms with van der Waals surface area (Å²) in [6, 6.07) is 8.09. The lowest BCUT2D eigenvalue weighted by molar-refractivity contribution is -0.439. The number of rotatable bonds is 8. The van der Waals surface area contributed by atoms with E-state index in [-0.39, 0.29) is 34.1 Å². The van der Waals surface area contributed by atoms with Crippen LogP contribution >= 0.6 is 0 Å². The van der Waals surface area contributed by atoms with E-state index in [4.69, 9.17) is 0 Å². The van der Waals surface area contributed by atoms with Crippen LogP contribution in [0.1, 0.15) is 90.5 Å². The van der Waals surface area contributed by atoms with E-state index >= 15 is 0 Å². The summed E-state index contributed by atoms with van der Waals surface area (Å²) in [5.74, 6) is -0.687. The fourth-order valence-electron chi connectivity index (χ4n) is 7.25. The highest BCUT2D eigenvalue weighted by Gasteiger charge is 2.52. The molecule has 258 valence electrons. The molecule has 0 atom stereocenters. The molecular formula is C38H42F6N2O2. The minimum Gasteiger partial charge on any atom is -0.871 e. The monoisotopic (exact) mass is 672 g/mol. The number of hydrogen-bond acceptors (Lipinski definition) is 3. The first-order valence-electron chi connectivity index (χ1n) is 16.3. The fraction of sp³-hybridized carbons (Fsp3) is 0.474. The molecule has 2 aromatic carbocycles. The lowest BCUT2D eigenvalue weighted by Crippen LogP contribution is -2.35. The van der Waals surface area contributed by atoms with Gasteiger partial charge >= 0.3 is 12.4 Å².